The SMILES string of the molecule is CCCC(C)Cc1ccc(-c2ccccc2)c(P(c2ccccc2)c2ccccc2)c1OCCc1ccc(-c2ccccc2)c(P(c2ccccc2)c2ccccc2)c1O. The zero-order valence-electron chi connectivity index (χ0n) is 34.5. The molecular formula is C56H52O2P2. The average molecular weight is 819 g/mol. The second kappa shape index (κ2) is 20.0. The predicted octanol–water partition coefficient (Wildman–Crippen LogP) is 11.8. The third-order valence-corrected chi connectivity index (χ3v) is 16.1. The van der Waals surface area contributed by atoms with Gasteiger partial charge in [0.1, 0.15) is 11.5 Å². The Morgan fingerprint density at radius 2 is 0.850 bits per heavy atom. The first-order valence-electron chi connectivity index (χ1n) is 21.2. The highest BCUT2D eigenvalue weighted by Crippen LogP contribution is 2.44. The molecule has 0 fully saturated rings. The molecule has 0 heterocycles. The molecule has 298 valence electrons. The molecule has 1 atom stereocenters. The predicted molar refractivity (Wildman–Crippen MR) is 260 cm³/mol. The number of benzene rings is 8. The van der Waals surface area contributed by atoms with Crippen molar-refractivity contribution in [2.45, 2.75) is 39.5 Å². The molecule has 0 aliphatic rings. The van der Waals surface area contributed by atoms with Crippen LogP contribution >= 0.6 is 15.8 Å². The third kappa shape index (κ3) is 9.32. The van der Waals surface area contributed by atoms with E-state index in [1.165, 1.54) is 43.2 Å². The van der Waals surface area contributed by atoms with Crippen LogP contribution in [0, 0.1) is 5.92 Å². The summed E-state index contributed by atoms with van der Waals surface area (Å²) >= 11 is 0. The summed E-state index contributed by atoms with van der Waals surface area (Å²) in [6.07, 6.45) is 3.77. The monoisotopic (exact) mass is 818 g/mol. The van der Waals surface area contributed by atoms with Gasteiger partial charge < -0.3 is 9.84 Å². The lowest BCUT2D eigenvalue weighted by molar-refractivity contribution is 0.317. The van der Waals surface area contributed by atoms with Gasteiger partial charge >= 0.3 is 0 Å². The van der Waals surface area contributed by atoms with Gasteiger partial charge in [0, 0.05) is 17.0 Å². The van der Waals surface area contributed by atoms with Crippen molar-refractivity contribution < 1.29 is 9.84 Å². The lowest BCUT2D eigenvalue weighted by atomic mass is 9.94. The second-order valence-corrected chi connectivity index (χ2v) is 19.7. The van der Waals surface area contributed by atoms with E-state index in [2.05, 4.69) is 214 Å². The Balaban J connectivity index is 1.26. The van der Waals surface area contributed by atoms with E-state index < -0.39 is 15.8 Å². The van der Waals surface area contributed by atoms with Crippen molar-refractivity contribution in [3.05, 3.63) is 217 Å². The molecule has 0 spiro atoms. The molecule has 4 heteroatoms. The fourth-order valence-electron chi connectivity index (χ4n) is 8.26. The third-order valence-electron chi connectivity index (χ3n) is 11.1. The fourth-order valence-corrected chi connectivity index (χ4v) is 13.4. The molecule has 0 radical (unpaired) electrons. The molecule has 0 saturated carbocycles. The van der Waals surface area contributed by atoms with Crippen LogP contribution in [0.1, 0.15) is 37.8 Å². The first-order chi connectivity index (χ1) is 29.6. The largest absolute Gasteiger partial charge is 0.507 e. The molecule has 2 nitrogen and oxygen atoms in total. The van der Waals surface area contributed by atoms with Crippen LogP contribution in [0.15, 0.2) is 206 Å². The average Bonchev–Trinajstić information content (AvgIpc) is 3.30. The Hall–Kier alpha value is -5.78. The van der Waals surface area contributed by atoms with Crippen LogP contribution in [0.3, 0.4) is 0 Å². The summed E-state index contributed by atoms with van der Waals surface area (Å²) in [7, 11) is -2.09. The normalized spacial score (nSPS) is 11.8. The van der Waals surface area contributed by atoms with E-state index in [-0.39, 0.29) is 0 Å². The number of hydrogen-bond donors (Lipinski definition) is 1. The van der Waals surface area contributed by atoms with Crippen LogP contribution in [-0.4, -0.2) is 11.7 Å². The van der Waals surface area contributed by atoms with E-state index in [1.807, 2.05) is 6.07 Å². The van der Waals surface area contributed by atoms with Crippen LogP contribution in [0.2, 0.25) is 0 Å². The molecule has 1 unspecified atom stereocenters. The number of ether oxygens (including phenoxy) is 1. The zero-order chi connectivity index (χ0) is 41.1. The molecule has 0 aliphatic carbocycles. The molecule has 0 saturated heterocycles. The molecule has 1 N–H and O–H groups in total. The number of hydrogen-bond acceptors (Lipinski definition) is 2. The number of phenols is 1. The molecular weight excluding hydrogens is 767 g/mol. The van der Waals surface area contributed by atoms with Gasteiger partial charge in [-0.2, -0.15) is 0 Å². The Morgan fingerprint density at radius 3 is 1.28 bits per heavy atom. The van der Waals surface area contributed by atoms with Crippen LogP contribution < -0.4 is 36.6 Å². The van der Waals surface area contributed by atoms with Crippen LogP contribution in [0.4, 0.5) is 0 Å². The highest BCUT2D eigenvalue weighted by molar-refractivity contribution is 7.80. The van der Waals surface area contributed by atoms with E-state index in [4.69, 9.17) is 4.74 Å². The van der Waals surface area contributed by atoms with Crippen LogP contribution in [-0.2, 0) is 12.8 Å². The van der Waals surface area contributed by atoms with Gasteiger partial charge in [-0.25, -0.2) is 0 Å². The van der Waals surface area contributed by atoms with Gasteiger partial charge in [-0.05, 0) is 82.8 Å². The lowest BCUT2D eigenvalue weighted by Crippen LogP contribution is -2.26. The highest BCUT2D eigenvalue weighted by atomic mass is 31.1. The summed E-state index contributed by atoms with van der Waals surface area (Å²) in [5.74, 6) is 1.83. The van der Waals surface area contributed by atoms with E-state index in [0.717, 1.165) is 47.0 Å². The Kier molecular flexibility index (Phi) is 13.6. The van der Waals surface area contributed by atoms with E-state index >= 15 is 0 Å². The quantitative estimate of drug-likeness (QED) is 0.0984. The van der Waals surface area contributed by atoms with Crippen molar-refractivity contribution in [2.75, 3.05) is 6.61 Å². The minimum atomic E-state index is -1.09. The maximum atomic E-state index is 12.7. The smallest absolute Gasteiger partial charge is 0.131 e. The summed E-state index contributed by atoms with van der Waals surface area (Å²) in [5, 5.41) is 19.8. The van der Waals surface area contributed by atoms with Gasteiger partial charge in [0.05, 0.1) is 6.61 Å². The van der Waals surface area contributed by atoms with Gasteiger partial charge in [-0.15, -0.1) is 0 Å². The summed E-state index contributed by atoms with van der Waals surface area (Å²) in [5.41, 5.74) is 6.65. The minimum Gasteiger partial charge on any atom is -0.507 e. The molecule has 0 bridgehead atoms. The first kappa shape index (κ1) is 41.0. The summed E-state index contributed by atoms with van der Waals surface area (Å²) in [6.45, 7) is 5.05. The number of aromatic hydroxyl groups is 1. The Bertz CT molecular complexity index is 2490. The van der Waals surface area contributed by atoms with E-state index in [0.29, 0.717) is 24.7 Å². The lowest BCUT2D eigenvalue weighted by Gasteiger charge is -2.28. The topological polar surface area (TPSA) is 29.5 Å². The zero-order valence-corrected chi connectivity index (χ0v) is 36.3. The van der Waals surface area contributed by atoms with Crippen LogP contribution in [0.25, 0.3) is 22.3 Å². The molecule has 8 aromatic rings. The van der Waals surface area contributed by atoms with Gasteiger partial charge in [0.25, 0.3) is 0 Å². The van der Waals surface area contributed by atoms with Gasteiger partial charge in [-0.1, -0.05) is 233 Å². The van der Waals surface area contributed by atoms with E-state index in [9.17, 15) is 5.11 Å². The van der Waals surface area contributed by atoms with Crippen molar-refractivity contribution in [1.29, 1.82) is 0 Å². The first-order valence-corrected chi connectivity index (χ1v) is 23.8. The van der Waals surface area contributed by atoms with Crippen molar-refractivity contribution >= 4 is 47.7 Å². The summed E-state index contributed by atoms with van der Waals surface area (Å²) in [4.78, 5) is 0. The molecule has 8 rings (SSSR count). The van der Waals surface area contributed by atoms with Crippen LogP contribution in [0.5, 0.6) is 11.5 Å². The molecule has 0 amide bonds. The Morgan fingerprint density at radius 1 is 0.467 bits per heavy atom. The molecule has 8 aromatic carbocycles. The number of rotatable bonds is 16. The maximum absolute atomic E-state index is 12.7. The number of phenolic OH excluding ortho intramolecular Hbond substituents is 1. The maximum Gasteiger partial charge on any atom is 0.131 e. The highest BCUT2D eigenvalue weighted by Gasteiger charge is 2.29. The standard InChI is InChI=1S/C56H52O2P2/c1-3-22-42(2)41-46-36-38-52(44-25-12-5-13-26-44)56(60(49-31-18-8-19-32-49)50-33-20-9-21-34-50)54(46)58-40-39-45-35-37-51(43-23-10-4-11-24-43)55(53(45)57)59(47-27-14-6-15-28-47)48-29-16-7-17-30-48/h4-21,23-38,42,57H,3,22,39-41H2,1-2H3. The molecule has 0 aliphatic heterocycles. The second-order valence-electron chi connectivity index (χ2n) is 15.4. The van der Waals surface area contributed by atoms with Gasteiger partial charge in [0.2, 0.25) is 0 Å². The van der Waals surface area contributed by atoms with Crippen molar-refractivity contribution in [3.63, 3.8) is 0 Å². The van der Waals surface area contributed by atoms with Gasteiger partial charge in [0.15, 0.2) is 0 Å². The fraction of sp³-hybridized carbons (Fsp3) is 0.143. The molecule has 60 heavy (non-hydrogen) atoms. The Labute approximate surface area is 359 Å². The van der Waals surface area contributed by atoms with Crippen molar-refractivity contribution in [2.24, 2.45) is 5.92 Å². The molecule has 0 aromatic heterocycles. The van der Waals surface area contributed by atoms with E-state index in [1.54, 1.807) is 0 Å². The summed E-state index contributed by atoms with van der Waals surface area (Å²) < 4.78 is 7.29. The van der Waals surface area contributed by atoms with Crippen molar-refractivity contribution in [3.8, 4) is 33.8 Å². The summed E-state index contributed by atoms with van der Waals surface area (Å²) in [6, 6.07) is 73.5. The minimum absolute atomic E-state index is 0.352. The van der Waals surface area contributed by atoms with Gasteiger partial charge in [-0.3, -0.25) is 0 Å². The van der Waals surface area contributed by atoms with Crippen molar-refractivity contribution in [1.82, 2.24) is 0 Å².